The number of Topliss-reactive ketones (excluding diaryl/α,β-unsaturated/α-hetero) is 1. The lowest BCUT2D eigenvalue weighted by Crippen LogP contribution is -2.38. The topological polar surface area (TPSA) is 113 Å². The third-order valence-corrected chi connectivity index (χ3v) is 6.08. The van der Waals surface area contributed by atoms with Gasteiger partial charge in [-0.2, -0.15) is 0 Å². The zero-order chi connectivity index (χ0) is 15.7. The number of carboxylic acids is 1. The number of sulfone groups is 1. The molecule has 20 heavy (non-hydrogen) atoms. The van der Waals surface area contributed by atoms with E-state index in [0.29, 0.717) is 0 Å². The number of aromatic nitrogens is 1. The third-order valence-electron chi connectivity index (χ3n) is 2.82. The summed E-state index contributed by atoms with van der Waals surface area (Å²) in [6.45, 7) is 4.42. The monoisotopic (exact) mass is 320 g/mol. The number of anilines is 1. The molecule has 1 aromatic rings. The molecule has 0 aliphatic carbocycles. The number of nitrogens with one attached hydrogen (secondary N) is 1. The highest BCUT2D eigenvalue weighted by atomic mass is 32.2. The standard InChI is InChI=1S/C11H16N2O5S2/c1-6(14)8-7(9(15)16)13-10(19-8)12-5-11(2,3)20(4,17)18/h5H2,1-4H3,(H,12,13)(H,15,16). The van der Waals surface area contributed by atoms with E-state index in [4.69, 9.17) is 5.11 Å². The zero-order valence-electron chi connectivity index (χ0n) is 11.6. The van der Waals surface area contributed by atoms with Gasteiger partial charge in [0.25, 0.3) is 0 Å². The van der Waals surface area contributed by atoms with E-state index in [1.807, 2.05) is 0 Å². The number of carbonyl (C=O) groups excluding carboxylic acids is 1. The average molecular weight is 320 g/mol. The Morgan fingerprint density at radius 2 is 1.95 bits per heavy atom. The van der Waals surface area contributed by atoms with Crippen LogP contribution in [0.1, 0.15) is 40.9 Å². The molecule has 0 radical (unpaired) electrons. The van der Waals surface area contributed by atoms with Crippen LogP contribution in [-0.4, -0.2) is 47.8 Å². The van der Waals surface area contributed by atoms with Crippen molar-refractivity contribution >= 4 is 38.1 Å². The van der Waals surface area contributed by atoms with Crippen LogP contribution in [0.5, 0.6) is 0 Å². The van der Waals surface area contributed by atoms with Gasteiger partial charge in [-0.05, 0) is 13.8 Å². The maximum Gasteiger partial charge on any atom is 0.356 e. The molecule has 0 unspecified atom stereocenters. The summed E-state index contributed by atoms with van der Waals surface area (Å²) in [7, 11) is -3.28. The number of thiazole rings is 1. The number of hydrogen-bond donors (Lipinski definition) is 2. The molecule has 0 aliphatic heterocycles. The first-order chi connectivity index (χ1) is 8.95. The Morgan fingerprint density at radius 1 is 1.40 bits per heavy atom. The summed E-state index contributed by atoms with van der Waals surface area (Å²) in [6.07, 6.45) is 1.13. The van der Waals surface area contributed by atoms with Gasteiger partial charge in [0.1, 0.15) is 4.88 Å². The van der Waals surface area contributed by atoms with E-state index in [2.05, 4.69) is 10.3 Å². The summed E-state index contributed by atoms with van der Waals surface area (Å²) >= 11 is 0.900. The quantitative estimate of drug-likeness (QED) is 0.759. The smallest absolute Gasteiger partial charge is 0.356 e. The summed E-state index contributed by atoms with van der Waals surface area (Å²) in [5.41, 5.74) is -0.317. The largest absolute Gasteiger partial charge is 0.476 e. The number of carboxylic acid groups (broad SMARTS) is 1. The van der Waals surface area contributed by atoms with Gasteiger partial charge in [-0.15, -0.1) is 0 Å². The van der Waals surface area contributed by atoms with Crippen molar-refractivity contribution < 1.29 is 23.1 Å². The third kappa shape index (κ3) is 3.54. The zero-order valence-corrected chi connectivity index (χ0v) is 13.2. The molecule has 9 heteroatoms. The van der Waals surface area contributed by atoms with E-state index in [1.54, 1.807) is 13.8 Å². The fourth-order valence-corrected chi connectivity index (χ4v) is 2.38. The lowest BCUT2D eigenvalue weighted by molar-refractivity contribution is 0.0687. The minimum atomic E-state index is -3.28. The van der Waals surface area contributed by atoms with Gasteiger partial charge in [0.05, 0.1) is 4.75 Å². The molecule has 2 N–H and O–H groups in total. The van der Waals surface area contributed by atoms with Crippen molar-refractivity contribution in [2.75, 3.05) is 18.1 Å². The molecule has 0 fully saturated rings. The summed E-state index contributed by atoms with van der Waals surface area (Å²) in [4.78, 5) is 26.1. The number of carbonyl (C=O) groups is 2. The van der Waals surface area contributed by atoms with Gasteiger partial charge in [-0.25, -0.2) is 18.2 Å². The lowest BCUT2D eigenvalue weighted by atomic mass is 10.2. The van der Waals surface area contributed by atoms with E-state index in [-0.39, 0.29) is 22.2 Å². The molecule has 0 atom stereocenters. The van der Waals surface area contributed by atoms with Crippen LogP contribution < -0.4 is 5.32 Å². The Morgan fingerprint density at radius 3 is 2.30 bits per heavy atom. The molecule has 0 amide bonds. The fourth-order valence-electron chi connectivity index (χ4n) is 1.20. The second-order valence-electron chi connectivity index (χ2n) is 4.94. The SMILES string of the molecule is CC(=O)c1sc(NCC(C)(C)S(C)(=O)=O)nc1C(=O)O. The molecular formula is C11H16N2O5S2. The second kappa shape index (κ2) is 5.49. The molecule has 0 aromatic carbocycles. The summed E-state index contributed by atoms with van der Waals surface area (Å²) < 4.78 is 22.1. The molecule has 1 rings (SSSR count). The van der Waals surface area contributed by atoms with Crippen LogP contribution in [0.25, 0.3) is 0 Å². The predicted molar refractivity (Wildman–Crippen MR) is 76.5 cm³/mol. The Hall–Kier alpha value is -1.48. The number of nitrogens with zero attached hydrogens (tertiary/aromatic N) is 1. The maximum atomic E-state index is 11.6. The first kappa shape index (κ1) is 16.6. The Bertz CT molecular complexity index is 614. The van der Waals surface area contributed by atoms with E-state index in [9.17, 15) is 18.0 Å². The highest BCUT2D eigenvalue weighted by molar-refractivity contribution is 7.92. The van der Waals surface area contributed by atoms with E-state index in [0.717, 1.165) is 17.6 Å². The molecule has 0 spiro atoms. The summed E-state index contributed by atoms with van der Waals surface area (Å²) in [5.74, 6) is -1.68. The molecule has 0 saturated heterocycles. The summed E-state index contributed by atoms with van der Waals surface area (Å²) in [6, 6.07) is 0. The minimum absolute atomic E-state index is 0.0390. The van der Waals surface area contributed by atoms with E-state index < -0.39 is 26.3 Å². The second-order valence-corrected chi connectivity index (χ2v) is 8.59. The van der Waals surface area contributed by atoms with Crippen molar-refractivity contribution in [3.05, 3.63) is 10.6 Å². The summed E-state index contributed by atoms with van der Waals surface area (Å²) in [5, 5.41) is 11.9. The number of hydrogen-bond acceptors (Lipinski definition) is 7. The van der Waals surface area contributed by atoms with Crippen LogP contribution in [0, 0.1) is 0 Å². The van der Waals surface area contributed by atoms with Gasteiger partial charge in [0, 0.05) is 19.7 Å². The van der Waals surface area contributed by atoms with Crippen LogP contribution in [0.15, 0.2) is 0 Å². The first-order valence-electron chi connectivity index (χ1n) is 5.64. The molecule has 0 aliphatic rings. The van der Waals surface area contributed by atoms with Crippen molar-refractivity contribution in [3.63, 3.8) is 0 Å². The normalized spacial score (nSPS) is 12.2. The van der Waals surface area contributed by atoms with Gasteiger partial charge in [0.15, 0.2) is 26.4 Å². The van der Waals surface area contributed by atoms with Gasteiger partial charge in [-0.3, -0.25) is 4.79 Å². The molecule has 1 heterocycles. The molecule has 0 bridgehead atoms. The van der Waals surface area contributed by atoms with Gasteiger partial charge >= 0.3 is 5.97 Å². The highest BCUT2D eigenvalue weighted by Gasteiger charge is 2.30. The van der Waals surface area contributed by atoms with E-state index >= 15 is 0 Å². The van der Waals surface area contributed by atoms with Crippen molar-refractivity contribution in [1.29, 1.82) is 0 Å². The lowest BCUT2D eigenvalue weighted by Gasteiger charge is -2.22. The minimum Gasteiger partial charge on any atom is -0.476 e. The van der Waals surface area contributed by atoms with Crippen LogP contribution in [0.4, 0.5) is 5.13 Å². The fraction of sp³-hybridized carbons (Fsp3) is 0.545. The highest BCUT2D eigenvalue weighted by Crippen LogP contribution is 2.25. The molecule has 112 valence electrons. The predicted octanol–water partition coefficient (Wildman–Crippen LogP) is 1.28. The van der Waals surface area contributed by atoms with Crippen LogP contribution in [0.2, 0.25) is 0 Å². The first-order valence-corrected chi connectivity index (χ1v) is 8.35. The molecular weight excluding hydrogens is 304 g/mol. The van der Waals surface area contributed by atoms with Crippen molar-refractivity contribution in [3.8, 4) is 0 Å². The average Bonchev–Trinajstić information content (AvgIpc) is 2.69. The van der Waals surface area contributed by atoms with Crippen LogP contribution in [0.3, 0.4) is 0 Å². The number of rotatable bonds is 6. The van der Waals surface area contributed by atoms with E-state index in [1.165, 1.54) is 6.92 Å². The van der Waals surface area contributed by atoms with Gasteiger partial charge < -0.3 is 10.4 Å². The molecule has 0 saturated carbocycles. The van der Waals surface area contributed by atoms with Gasteiger partial charge in [0.2, 0.25) is 0 Å². The number of ketones is 1. The number of aromatic carboxylic acids is 1. The van der Waals surface area contributed by atoms with Crippen molar-refractivity contribution in [2.45, 2.75) is 25.5 Å². The van der Waals surface area contributed by atoms with Crippen LogP contribution >= 0.6 is 11.3 Å². The molecule has 7 nitrogen and oxygen atoms in total. The van der Waals surface area contributed by atoms with Crippen LogP contribution in [-0.2, 0) is 9.84 Å². The van der Waals surface area contributed by atoms with Gasteiger partial charge in [-0.1, -0.05) is 11.3 Å². The maximum absolute atomic E-state index is 11.6. The Balaban J connectivity index is 2.99. The van der Waals surface area contributed by atoms with Crippen molar-refractivity contribution in [2.24, 2.45) is 0 Å². The van der Waals surface area contributed by atoms with Crippen molar-refractivity contribution in [1.82, 2.24) is 4.98 Å². The molecule has 1 aromatic heterocycles. The Labute approximate surface area is 121 Å². The Kier molecular flexibility index (Phi) is 4.55.